The molecule has 0 amide bonds. The minimum absolute atomic E-state index is 0.112. The first-order valence-corrected chi connectivity index (χ1v) is 7.86. The molecule has 2 rings (SSSR count). The van der Waals surface area contributed by atoms with E-state index in [0.29, 0.717) is 4.60 Å². The Kier molecular flexibility index (Phi) is 5.29. The number of rotatable bonds is 5. The number of aromatic nitrogens is 3. The van der Waals surface area contributed by atoms with Crippen molar-refractivity contribution in [1.29, 1.82) is 0 Å². The van der Waals surface area contributed by atoms with E-state index in [1.54, 1.807) is 10.7 Å². The largest absolute Gasteiger partial charge is 0.305 e. The van der Waals surface area contributed by atoms with Crippen LogP contribution in [0, 0.1) is 5.82 Å². The highest BCUT2D eigenvalue weighted by Crippen LogP contribution is 2.31. The lowest BCUT2D eigenvalue weighted by molar-refractivity contribution is 0.546. The third kappa shape index (κ3) is 3.27. The van der Waals surface area contributed by atoms with E-state index in [4.69, 9.17) is 0 Å². The zero-order valence-electron chi connectivity index (χ0n) is 11.2. The van der Waals surface area contributed by atoms with E-state index in [0.717, 1.165) is 28.7 Å². The number of hydrogen-bond donors (Lipinski definition) is 1. The van der Waals surface area contributed by atoms with Crippen molar-refractivity contribution in [3.63, 3.8) is 0 Å². The fraction of sp³-hybridized carbons (Fsp3) is 0.385. The Balaban J connectivity index is 2.47. The zero-order chi connectivity index (χ0) is 14.7. The van der Waals surface area contributed by atoms with Gasteiger partial charge in [0.25, 0.3) is 0 Å². The quantitative estimate of drug-likeness (QED) is 0.826. The van der Waals surface area contributed by atoms with Crippen LogP contribution >= 0.6 is 31.9 Å². The Morgan fingerprint density at radius 1 is 1.40 bits per heavy atom. The SMILES string of the molecule is CCCNC(c1ccc(F)cc1Br)c1c(Br)nnn1C. The molecule has 1 aromatic carbocycles. The van der Waals surface area contributed by atoms with Gasteiger partial charge in [0, 0.05) is 11.5 Å². The van der Waals surface area contributed by atoms with E-state index < -0.39 is 0 Å². The first-order valence-electron chi connectivity index (χ1n) is 6.28. The smallest absolute Gasteiger partial charge is 0.153 e. The fourth-order valence-electron chi connectivity index (χ4n) is 2.02. The van der Waals surface area contributed by atoms with Crippen molar-refractivity contribution < 1.29 is 4.39 Å². The molecule has 0 fully saturated rings. The van der Waals surface area contributed by atoms with Gasteiger partial charge in [0.1, 0.15) is 5.82 Å². The maximum atomic E-state index is 13.3. The normalized spacial score (nSPS) is 12.7. The van der Waals surface area contributed by atoms with Gasteiger partial charge in [-0.1, -0.05) is 34.1 Å². The Morgan fingerprint density at radius 2 is 2.15 bits per heavy atom. The van der Waals surface area contributed by atoms with E-state index in [-0.39, 0.29) is 11.9 Å². The van der Waals surface area contributed by atoms with Gasteiger partial charge in [0.2, 0.25) is 0 Å². The van der Waals surface area contributed by atoms with Crippen LogP contribution in [0.15, 0.2) is 27.3 Å². The minimum atomic E-state index is -0.267. The van der Waals surface area contributed by atoms with Gasteiger partial charge in [-0.3, -0.25) is 0 Å². The summed E-state index contributed by atoms with van der Waals surface area (Å²) in [5.41, 5.74) is 1.86. The average molecular weight is 406 g/mol. The number of nitrogens with zero attached hydrogens (tertiary/aromatic N) is 3. The minimum Gasteiger partial charge on any atom is -0.305 e. The molecular weight excluding hydrogens is 391 g/mol. The summed E-state index contributed by atoms with van der Waals surface area (Å²) >= 11 is 6.85. The second-order valence-electron chi connectivity index (χ2n) is 4.44. The van der Waals surface area contributed by atoms with Crippen LogP contribution in [0.4, 0.5) is 4.39 Å². The van der Waals surface area contributed by atoms with Gasteiger partial charge < -0.3 is 5.32 Å². The molecule has 1 N–H and O–H groups in total. The van der Waals surface area contributed by atoms with Crippen molar-refractivity contribution in [2.24, 2.45) is 7.05 Å². The molecule has 20 heavy (non-hydrogen) atoms. The average Bonchev–Trinajstić information content (AvgIpc) is 2.72. The molecule has 0 saturated heterocycles. The molecule has 1 heterocycles. The summed E-state index contributed by atoms with van der Waals surface area (Å²) in [6, 6.07) is 4.58. The van der Waals surface area contributed by atoms with Gasteiger partial charge >= 0.3 is 0 Å². The molecular formula is C13H15Br2FN4. The van der Waals surface area contributed by atoms with Crippen molar-refractivity contribution >= 4 is 31.9 Å². The molecule has 0 bridgehead atoms. The van der Waals surface area contributed by atoms with E-state index >= 15 is 0 Å². The molecule has 4 nitrogen and oxygen atoms in total. The van der Waals surface area contributed by atoms with Gasteiger partial charge in [-0.2, -0.15) is 0 Å². The molecule has 108 valence electrons. The fourth-order valence-corrected chi connectivity index (χ4v) is 3.16. The molecule has 0 aliphatic heterocycles. The van der Waals surface area contributed by atoms with Gasteiger partial charge in [-0.15, -0.1) is 5.10 Å². The van der Waals surface area contributed by atoms with E-state index in [1.807, 2.05) is 7.05 Å². The van der Waals surface area contributed by atoms with Crippen molar-refractivity contribution in [2.75, 3.05) is 6.54 Å². The third-order valence-electron chi connectivity index (χ3n) is 2.97. The standard InChI is InChI=1S/C13H15Br2FN4/c1-3-6-17-11(12-13(15)18-19-20(12)2)9-5-4-8(16)7-10(9)14/h4-5,7,11,17H,3,6H2,1-2H3. The summed E-state index contributed by atoms with van der Waals surface area (Å²) in [6.07, 6.45) is 0.998. The molecule has 0 aliphatic carbocycles. The van der Waals surface area contributed by atoms with E-state index in [1.165, 1.54) is 12.1 Å². The monoisotopic (exact) mass is 404 g/mol. The second-order valence-corrected chi connectivity index (χ2v) is 6.05. The summed E-state index contributed by atoms with van der Waals surface area (Å²) in [5.74, 6) is -0.267. The Bertz CT molecular complexity index is 581. The van der Waals surface area contributed by atoms with E-state index in [9.17, 15) is 4.39 Å². The van der Waals surface area contributed by atoms with Gasteiger partial charge in [0.05, 0.1) is 11.7 Å². The van der Waals surface area contributed by atoms with Crippen molar-refractivity contribution in [2.45, 2.75) is 19.4 Å². The van der Waals surface area contributed by atoms with Crippen LogP contribution in [-0.2, 0) is 7.05 Å². The maximum absolute atomic E-state index is 13.3. The number of halogens is 3. The van der Waals surface area contributed by atoms with Gasteiger partial charge in [-0.25, -0.2) is 9.07 Å². The van der Waals surface area contributed by atoms with Crippen molar-refractivity contribution in [3.05, 3.63) is 44.3 Å². The highest BCUT2D eigenvalue weighted by atomic mass is 79.9. The molecule has 1 aromatic heterocycles. The Morgan fingerprint density at radius 3 is 2.70 bits per heavy atom. The Labute approximate surface area is 134 Å². The lowest BCUT2D eigenvalue weighted by Gasteiger charge is -2.20. The zero-order valence-corrected chi connectivity index (χ0v) is 14.4. The summed E-state index contributed by atoms with van der Waals surface area (Å²) < 4.78 is 16.4. The molecule has 0 aliphatic rings. The summed E-state index contributed by atoms with van der Waals surface area (Å²) in [7, 11) is 1.84. The summed E-state index contributed by atoms with van der Waals surface area (Å²) in [4.78, 5) is 0. The van der Waals surface area contributed by atoms with Gasteiger partial charge in [-0.05, 0) is 46.6 Å². The van der Waals surface area contributed by atoms with Crippen LogP contribution in [0.25, 0.3) is 0 Å². The van der Waals surface area contributed by atoms with Crippen molar-refractivity contribution in [3.8, 4) is 0 Å². The first-order chi connectivity index (χ1) is 9.54. The number of aryl methyl sites for hydroxylation is 1. The van der Waals surface area contributed by atoms with Crippen LogP contribution in [0.1, 0.15) is 30.6 Å². The molecule has 1 atom stereocenters. The maximum Gasteiger partial charge on any atom is 0.153 e. The molecule has 1 unspecified atom stereocenters. The van der Waals surface area contributed by atoms with E-state index in [2.05, 4.69) is 54.4 Å². The lowest BCUT2D eigenvalue weighted by Crippen LogP contribution is -2.26. The summed E-state index contributed by atoms with van der Waals surface area (Å²) in [6.45, 7) is 2.94. The number of benzene rings is 1. The van der Waals surface area contributed by atoms with Gasteiger partial charge in [0.15, 0.2) is 4.60 Å². The Hall–Kier alpha value is -0.790. The predicted octanol–water partition coefficient (Wildman–Crippen LogP) is 3.57. The predicted molar refractivity (Wildman–Crippen MR) is 82.9 cm³/mol. The third-order valence-corrected chi connectivity index (χ3v) is 4.22. The van der Waals surface area contributed by atoms with Crippen LogP contribution in [0.5, 0.6) is 0 Å². The van der Waals surface area contributed by atoms with Crippen LogP contribution < -0.4 is 5.32 Å². The highest BCUT2D eigenvalue weighted by Gasteiger charge is 2.23. The van der Waals surface area contributed by atoms with Crippen LogP contribution in [0.2, 0.25) is 0 Å². The summed E-state index contributed by atoms with van der Waals surface area (Å²) in [5, 5.41) is 11.5. The molecule has 0 saturated carbocycles. The van der Waals surface area contributed by atoms with Crippen molar-refractivity contribution in [1.82, 2.24) is 20.3 Å². The molecule has 7 heteroatoms. The molecule has 2 aromatic rings. The number of nitrogens with one attached hydrogen (secondary N) is 1. The molecule has 0 radical (unpaired) electrons. The topological polar surface area (TPSA) is 42.7 Å². The highest BCUT2D eigenvalue weighted by molar-refractivity contribution is 9.10. The number of hydrogen-bond acceptors (Lipinski definition) is 3. The van der Waals surface area contributed by atoms with Crippen LogP contribution in [-0.4, -0.2) is 21.5 Å². The first kappa shape index (κ1) is 15.6. The second kappa shape index (κ2) is 6.78. The lowest BCUT2D eigenvalue weighted by atomic mass is 10.0. The molecule has 0 spiro atoms. The van der Waals surface area contributed by atoms with Crippen LogP contribution in [0.3, 0.4) is 0 Å².